The van der Waals surface area contributed by atoms with Crippen LogP contribution in [0.4, 0.5) is 13.2 Å². The molecule has 4 nitrogen and oxygen atoms in total. The van der Waals surface area contributed by atoms with Crippen LogP contribution in [0, 0.1) is 0 Å². The van der Waals surface area contributed by atoms with Crippen molar-refractivity contribution < 1.29 is 27.4 Å². The van der Waals surface area contributed by atoms with Crippen LogP contribution in [0.5, 0.6) is 0 Å². The molecule has 3 unspecified atom stereocenters. The fourth-order valence-corrected chi connectivity index (χ4v) is 3.09. The van der Waals surface area contributed by atoms with E-state index in [0.29, 0.717) is 12.3 Å². The first-order valence-electron chi connectivity index (χ1n) is 7.90. The van der Waals surface area contributed by atoms with Gasteiger partial charge in [0, 0.05) is 7.11 Å². The molecule has 1 aliphatic rings. The van der Waals surface area contributed by atoms with Crippen LogP contribution < -0.4 is 5.32 Å². The first-order chi connectivity index (χ1) is 11.4. The van der Waals surface area contributed by atoms with Crippen molar-refractivity contribution in [1.29, 1.82) is 0 Å². The molecule has 2 rings (SSSR count). The number of carbonyl (C=O) groups is 1. The Hall–Kier alpha value is -1.60. The molecular weight excluding hydrogens is 323 g/mol. The van der Waals surface area contributed by atoms with E-state index in [0.717, 1.165) is 12.8 Å². The first kappa shape index (κ1) is 18.7. The maximum atomic E-state index is 12.0. The van der Waals surface area contributed by atoms with E-state index in [1.807, 2.05) is 18.2 Å². The zero-order valence-electron chi connectivity index (χ0n) is 13.5. The molecule has 134 valence electrons. The molecular formula is C17H22F3NO3. The minimum Gasteiger partial charge on any atom is -0.379 e. The number of ether oxygens (including phenoxy) is 2. The van der Waals surface area contributed by atoms with E-state index in [-0.39, 0.29) is 12.1 Å². The molecule has 1 aliphatic carbocycles. The van der Waals surface area contributed by atoms with Crippen molar-refractivity contribution >= 4 is 5.91 Å². The minimum atomic E-state index is -4.43. The maximum Gasteiger partial charge on any atom is 0.411 e. The summed E-state index contributed by atoms with van der Waals surface area (Å²) >= 11 is 0. The summed E-state index contributed by atoms with van der Waals surface area (Å²) in [6, 6.07) is 9.87. The smallest absolute Gasteiger partial charge is 0.379 e. The monoisotopic (exact) mass is 345 g/mol. The molecule has 0 aliphatic heterocycles. The van der Waals surface area contributed by atoms with Gasteiger partial charge in [-0.1, -0.05) is 30.3 Å². The standard InChI is InChI=1S/C17H22F3NO3/c1-23-15-9-13(12-5-3-2-4-6-12)7-8-14(15)21-16(22)10-24-11-17(18,19)20/h2-6,13-15H,7-11H2,1H3,(H,21,22). The second-order valence-electron chi connectivity index (χ2n) is 5.98. The van der Waals surface area contributed by atoms with Crippen LogP contribution in [0.3, 0.4) is 0 Å². The molecule has 1 N–H and O–H groups in total. The van der Waals surface area contributed by atoms with E-state index in [4.69, 9.17) is 4.74 Å². The van der Waals surface area contributed by atoms with Crippen molar-refractivity contribution in [2.75, 3.05) is 20.3 Å². The minimum absolute atomic E-state index is 0.171. The van der Waals surface area contributed by atoms with Gasteiger partial charge in [0.05, 0.1) is 12.1 Å². The van der Waals surface area contributed by atoms with Crippen molar-refractivity contribution in [3.8, 4) is 0 Å². The lowest BCUT2D eigenvalue weighted by molar-refractivity contribution is -0.176. The van der Waals surface area contributed by atoms with Crippen LogP contribution in [0.25, 0.3) is 0 Å². The number of rotatable bonds is 6. The van der Waals surface area contributed by atoms with Crippen LogP contribution in [-0.4, -0.2) is 44.6 Å². The number of carbonyl (C=O) groups excluding carboxylic acids is 1. The third kappa shape index (κ3) is 5.79. The normalized spacial score (nSPS) is 24.6. The van der Waals surface area contributed by atoms with Gasteiger partial charge in [0.15, 0.2) is 0 Å². The highest BCUT2D eigenvalue weighted by atomic mass is 19.4. The van der Waals surface area contributed by atoms with Crippen molar-refractivity contribution in [2.45, 2.75) is 43.5 Å². The van der Waals surface area contributed by atoms with Gasteiger partial charge >= 0.3 is 6.18 Å². The Morgan fingerprint density at radius 2 is 1.96 bits per heavy atom. The van der Waals surface area contributed by atoms with E-state index in [9.17, 15) is 18.0 Å². The number of benzene rings is 1. The lowest BCUT2D eigenvalue weighted by atomic mass is 9.80. The predicted octanol–water partition coefficient (Wildman–Crippen LogP) is 3.03. The molecule has 1 aromatic rings. The van der Waals surface area contributed by atoms with Crippen LogP contribution in [0.15, 0.2) is 30.3 Å². The summed E-state index contributed by atoms with van der Waals surface area (Å²) in [4.78, 5) is 11.8. The quantitative estimate of drug-likeness (QED) is 0.862. The number of hydrogen-bond acceptors (Lipinski definition) is 3. The molecule has 0 radical (unpaired) electrons. The number of amides is 1. The number of hydrogen-bond donors (Lipinski definition) is 1. The fraction of sp³-hybridized carbons (Fsp3) is 0.588. The van der Waals surface area contributed by atoms with Gasteiger partial charge in [-0.15, -0.1) is 0 Å². The SMILES string of the molecule is COC1CC(c2ccccc2)CCC1NC(=O)COCC(F)(F)F. The van der Waals surface area contributed by atoms with Crippen LogP contribution >= 0.6 is 0 Å². The molecule has 1 saturated carbocycles. The summed E-state index contributed by atoms with van der Waals surface area (Å²) in [5.74, 6) is -0.199. The summed E-state index contributed by atoms with van der Waals surface area (Å²) in [6.45, 7) is -2.02. The molecule has 7 heteroatoms. The third-order valence-corrected chi connectivity index (χ3v) is 4.21. The van der Waals surface area contributed by atoms with Crippen molar-refractivity contribution in [1.82, 2.24) is 5.32 Å². The third-order valence-electron chi connectivity index (χ3n) is 4.21. The zero-order valence-corrected chi connectivity index (χ0v) is 13.5. The van der Waals surface area contributed by atoms with Crippen LogP contribution in [0.1, 0.15) is 30.7 Å². The molecule has 3 atom stereocenters. The number of methoxy groups -OCH3 is 1. The second-order valence-corrected chi connectivity index (χ2v) is 5.98. The lowest BCUT2D eigenvalue weighted by Gasteiger charge is -2.36. The van der Waals surface area contributed by atoms with Gasteiger partial charge in [0.25, 0.3) is 0 Å². The lowest BCUT2D eigenvalue weighted by Crippen LogP contribution is -2.48. The number of alkyl halides is 3. The Morgan fingerprint density at radius 3 is 2.58 bits per heavy atom. The molecule has 1 fully saturated rings. The van der Waals surface area contributed by atoms with Gasteiger partial charge in [0.2, 0.25) is 5.91 Å². The summed E-state index contributed by atoms with van der Waals surface area (Å²) < 4.78 is 45.9. The van der Waals surface area contributed by atoms with E-state index in [1.165, 1.54) is 5.56 Å². The molecule has 0 spiro atoms. The van der Waals surface area contributed by atoms with E-state index >= 15 is 0 Å². The molecule has 0 aromatic heterocycles. The Balaban J connectivity index is 1.83. The second kappa shape index (κ2) is 8.48. The Bertz CT molecular complexity index is 522. The zero-order chi connectivity index (χ0) is 17.6. The van der Waals surface area contributed by atoms with Crippen LogP contribution in [-0.2, 0) is 14.3 Å². The summed E-state index contributed by atoms with van der Waals surface area (Å²) in [5.41, 5.74) is 1.23. The van der Waals surface area contributed by atoms with Crippen molar-refractivity contribution in [3.05, 3.63) is 35.9 Å². The first-order valence-corrected chi connectivity index (χ1v) is 7.90. The largest absolute Gasteiger partial charge is 0.411 e. The summed E-state index contributed by atoms with van der Waals surface area (Å²) in [5, 5.41) is 2.72. The van der Waals surface area contributed by atoms with Crippen molar-refractivity contribution in [2.24, 2.45) is 0 Å². The molecule has 24 heavy (non-hydrogen) atoms. The Labute approximate surface area is 139 Å². The molecule has 1 amide bonds. The number of halogens is 3. The Kier molecular flexibility index (Phi) is 6.62. The Morgan fingerprint density at radius 1 is 1.25 bits per heavy atom. The fourth-order valence-electron chi connectivity index (χ4n) is 3.09. The molecule has 0 bridgehead atoms. The van der Waals surface area contributed by atoms with Gasteiger partial charge in [-0.05, 0) is 30.7 Å². The molecule has 0 heterocycles. The van der Waals surface area contributed by atoms with E-state index < -0.39 is 25.3 Å². The highest BCUT2D eigenvalue weighted by molar-refractivity contribution is 5.77. The highest BCUT2D eigenvalue weighted by Gasteiger charge is 2.33. The number of nitrogens with one attached hydrogen (secondary N) is 1. The predicted molar refractivity (Wildman–Crippen MR) is 82.6 cm³/mol. The highest BCUT2D eigenvalue weighted by Crippen LogP contribution is 2.34. The summed E-state index contributed by atoms with van der Waals surface area (Å²) in [7, 11) is 1.58. The molecule has 1 aromatic carbocycles. The average molecular weight is 345 g/mol. The van der Waals surface area contributed by atoms with Gasteiger partial charge in [-0.25, -0.2) is 0 Å². The van der Waals surface area contributed by atoms with E-state index in [1.54, 1.807) is 7.11 Å². The topological polar surface area (TPSA) is 47.6 Å². The summed E-state index contributed by atoms with van der Waals surface area (Å²) in [6.07, 6.45) is -2.24. The van der Waals surface area contributed by atoms with Crippen molar-refractivity contribution in [3.63, 3.8) is 0 Å². The average Bonchev–Trinajstić information content (AvgIpc) is 2.55. The van der Waals surface area contributed by atoms with Crippen LogP contribution in [0.2, 0.25) is 0 Å². The molecule has 0 saturated heterocycles. The van der Waals surface area contributed by atoms with E-state index in [2.05, 4.69) is 22.2 Å². The van der Waals surface area contributed by atoms with Gasteiger partial charge in [-0.3, -0.25) is 4.79 Å². The maximum absolute atomic E-state index is 12.0. The van der Waals surface area contributed by atoms with Gasteiger partial charge in [-0.2, -0.15) is 13.2 Å². The van der Waals surface area contributed by atoms with Gasteiger partial charge < -0.3 is 14.8 Å². The van der Waals surface area contributed by atoms with Gasteiger partial charge in [0.1, 0.15) is 13.2 Å².